The molecule has 1 aliphatic rings. The molecule has 12 nitrogen and oxygen atoms in total. The number of hydrogen-bond donors (Lipinski definition) is 4. The van der Waals surface area contributed by atoms with Crippen LogP contribution in [0.25, 0.3) is 0 Å². The topological polar surface area (TPSA) is 163 Å². The summed E-state index contributed by atoms with van der Waals surface area (Å²) in [5, 5.41) is 17.3. The molecule has 0 aliphatic carbocycles. The molecule has 3 atom stereocenters. The summed E-state index contributed by atoms with van der Waals surface area (Å²) in [5.41, 5.74) is -1.27. The number of carboxylic acids is 1. The molecule has 1 heterocycles. The fourth-order valence-electron chi connectivity index (χ4n) is 4.28. The smallest absolute Gasteiger partial charge is 0.408 e. The van der Waals surface area contributed by atoms with Gasteiger partial charge in [0.2, 0.25) is 17.7 Å². The Morgan fingerprint density at radius 1 is 1.00 bits per heavy atom. The van der Waals surface area contributed by atoms with Crippen LogP contribution in [0.1, 0.15) is 66.9 Å². The Labute approximate surface area is 241 Å². The normalized spacial score (nSPS) is 17.0. The van der Waals surface area contributed by atoms with Gasteiger partial charge in [0.25, 0.3) is 0 Å². The Morgan fingerprint density at radius 3 is 2.20 bits per heavy atom. The number of alkyl carbamates (subject to hydrolysis) is 1. The summed E-state index contributed by atoms with van der Waals surface area (Å²) in [6, 6.07) is 5.86. The Bertz CT molecular complexity index is 1080. The largest absolute Gasteiger partial charge is 0.480 e. The Kier molecular flexibility index (Phi) is 11.7. The maximum Gasteiger partial charge on any atom is 0.408 e. The third kappa shape index (κ3) is 10.3. The molecular formula is C29H44N4O8. The zero-order valence-corrected chi connectivity index (χ0v) is 25.0. The number of carbonyl (C=O) groups is 5. The molecular weight excluding hydrogens is 532 g/mol. The first-order chi connectivity index (χ1) is 19.0. The van der Waals surface area contributed by atoms with Gasteiger partial charge in [-0.2, -0.15) is 0 Å². The molecule has 228 valence electrons. The third-order valence-electron chi connectivity index (χ3n) is 6.52. The van der Waals surface area contributed by atoms with Crippen LogP contribution in [0.15, 0.2) is 30.3 Å². The van der Waals surface area contributed by atoms with Crippen molar-refractivity contribution in [2.45, 2.75) is 97.2 Å². The van der Waals surface area contributed by atoms with Crippen molar-refractivity contribution in [3.8, 4) is 0 Å². The van der Waals surface area contributed by atoms with E-state index in [1.165, 1.54) is 18.7 Å². The lowest BCUT2D eigenvalue weighted by Crippen LogP contribution is -2.63. The number of amides is 4. The zero-order valence-electron chi connectivity index (χ0n) is 25.0. The number of aliphatic carboxylic acids is 1. The van der Waals surface area contributed by atoms with Gasteiger partial charge in [0.05, 0.1) is 12.2 Å². The molecule has 1 aromatic carbocycles. The summed E-state index contributed by atoms with van der Waals surface area (Å²) in [7, 11) is 0. The molecule has 0 spiro atoms. The van der Waals surface area contributed by atoms with Crippen LogP contribution in [0.5, 0.6) is 0 Å². The molecule has 0 saturated carbocycles. The monoisotopic (exact) mass is 576 g/mol. The quantitative estimate of drug-likeness (QED) is 0.294. The molecule has 1 saturated heterocycles. The van der Waals surface area contributed by atoms with E-state index in [4.69, 9.17) is 9.47 Å². The zero-order chi connectivity index (χ0) is 31.0. The van der Waals surface area contributed by atoms with Crippen LogP contribution in [0, 0.1) is 5.92 Å². The summed E-state index contributed by atoms with van der Waals surface area (Å²) in [6.45, 7) is 11.9. The van der Waals surface area contributed by atoms with Crippen molar-refractivity contribution >= 4 is 29.8 Å². The molecule has 12 heteroatoms. The number of benzene rings is 1. The van der Waals surface area contributed by atoms with Crippen molar-refractivity contribution in [3.63, 3.8) is 0 Å². The van der Waals surface area contributed by atoms with Gasteiger partial charge in [-0.15, -0.1) is 0 Å². The number of likely N-dealkylation sites (tertiary alicyclic amines) is 1. The summed E-state index contributed by atoms with van der Waals surface area (Å²) in [4.78, 5) is 65.2. The lowest BCUT2D eigenvalue weighted by molar-refractivity contribution is -0.151. The van der Waals surface area contributed by atoms with Crippen LogP contribution in [-0.4, -0.2) is 82.2 Å². The van der Waals surface area contributed by atoms with Gasteiger partial charge >= 0.3 is 12.1 Å². The predicted molar refractivity (Wildman–Crippen MR) is 151 cm³/mol. The van der Waals surface area contributed by atoms with Gasteiger partial charge in [-0.3, -0.25) is 14.4 Å². The van der Waals surface area contributed by atoms with Crippen LogP contribution in [0.3, 0.4) is 0 Å². The highest BCUT2D eigenvalue weighted by atomic mass is 16.5. The number of nitrogens with zero attached hydrogens (tertiary/aromatic N) is 1. The number of nitrogens with one attached hydrogen (secondary N) is 3. The molecule has 0 bridgehead atoms. The molecule has 4 amide bonds. The van der Waals surface area contributed by atoms with Crippen molar-refractivity contribution in [1.29, 1.82) is 0 Å². The average Bonchev–Trinajstić information content (AvgIpc) is 3.37. The molecule has 1 aliphatic heterocycles. The van der Waals surface area contributed by atoms with E-state index in [1.54, 1.807) is 46.8 Å². The minimum absolute atomic E-state index is 0.00102. The second kappa shape index (κ2) is 14.3. The van der Waals surface area contributed by atoms with Gasteiger partial charge in [0.1, 0.15) is 30.3 Å². The summed E-state index contributed by atoms with van der Waals surface area (Å²) in [6.07, 6.45) is 0.0625. The van der Waals surface area contributed by atoms with Crippen molar-refractivity contribution in [3.05, 3.63) is 35.9 Å². The van der Waals surface area contributed by atoms with E-state index in [0.29, 0.717) is 12.8 Å². The molecule has 0 aromatic heterocycles. The number of carboxylic acid groups (broad SMARTS) is 1. The summed E-state index contributed by atoms with van der Waals surface area (Å²) >= 11 is 0. The SMILES string of the molecule is CC(C)[C@H](NC(=O)[C@H](COC(C)(C)C)NC(=O)OCc1ccccc1)C(=O)NC(C)(C)C(=O)N1CCC[C@H]1C(=O)O. The molecule has 1 aromatic rings. The number of rotatable bonds is 12. The van der Waals surface area contributed by atoms with Gasteiger partial charge in [0, 0.05) is 6.54 Å². The van der Waals surface area contributed by atoms with E-state index < -0.39 is 65.0 Å². The fraction of sp³-hybridized carbons (Fsp3) is 0.621. The number of carbonyl (C=O) groups excluding carboxylic acids is 4. The summed E-state index contributed by atoms with van der Waals surface area (Å²) in [5.74, 6) is -3.31. The van der Waals surface area contributed by atoms with Gasteiger partial charge < -0.3 is 35.4 Å². The first kappa shape index (κ1) is 33.5. The highest BCUT2D eigenvalue weighted by Crippen LogP contribution is 2.22. The molecule has 0 radical (unpaired) electrons. The Morgan fingerprint density at radius 2 is 1.63 bits per heavy atom. The second-order valence-electron chi connectivity index (χ2n) is 12.0. The summed E-state index contributed by atoms with van der Waals surface area (Å²) < 4.78 is 11.0. The highest BCUT2D eigenvalue weighted by molar-refractivity contribution is 5.96. The van der Waals surface area contributed by atoms with Crippen molar-refractivity contribution in [2.24, 2.45) is 5.92 Å². The van der Waals surface area contributed by atoms with Gasteiger partial charge in [-0.1, -0.05) is 44.2 Å². The minimum atomic E-state index is -1.43. The van der Waals surface area contributed by atoms with Gasteiger partial charge in [-0.25, -0.2) is 9.59 Å². The Hall–Kier alpha value is -3.67. The molecule has 2 rings (SSSR count). The second-order valence-corrected chi connectivity index (χ2v) is 12.0. The third-order valence-corrected chi connectivity index (χ3v) is 6.52. The van der Waals surface area contributed by atoms with Crippen LogP contribution in [-0.2, 0) is 35.3 Å². The van der Waals surface area contributed by atoms with E-state index in [-0.39, 0.29) is 19.8 Å². The molecule has 41 heavy (non-hydrogen) atoms. The van der Waals surface area contributed by atoms with E-state index in [0.717, 1.165) is 5.56 Å². The van der Waals surface area contributed by atoms with Crippen LogP contribution < -0.4 is 16.0 Å². The van der Waals surface area contributed by atoms with E-state index in [9.17, 15) is 29.1 Å². The number of hydrogen-bond acceptors (Lipinski definition) is 7. The fourth-order valence-corrected chi connectivity index (χ4v) is 4.28. The van der Waals surface area contributed by atoms with Crippen molar-refractivity contribution in [2.75, 3.05) is 13.2 Å². The molecule has 0 unspecified atom stereocenters. The average molecular weight is 577 g/mol. The number of ether oxygens (including phenoxy) is 2. The van der Waals surface area contributed by atoms with Crippen LogP contribution in [0.4, 0.5) is 4.79 Å². The maximum absolute atomic E-state index is 13.3. The van der Waals surface area contributed by atoms with E-state index in [2.05, 4.69) is 16.0 Å². The van der Waals surface area contributed by atoms with Crippen LogP contribution >= 0.6 is 0 Å². The first-order valence-corrected chi connectivity index (χ1v) is 13.8. The van der Waals surface area contributed by atoms with E-state index in [1.807, 2.05) is 18.2 Å². The standard InChI is InChI=1S/C29H44N4O8/c1-18(2)22(24(35)32-29(6,7)26(38)33-15-11-14-21(33)25(36)37)31-23(34)20(17-41-28(3,4)5)30-27(39)40-16-19-12-9-8-10-13-19/h8-10,12-13,18,20-22H,11,14-17H2,1-7H3,(H,30,39)(H,31,34)(H,32,35)(H,36,37)/t20-,21-,22-/m0/s1. The van der Waals surface area contributed by atoms with Crippen molar-refractivity contribution < 1.29 is 38.6 Å². The van der Waals surface area contributed by atoms with Crippen molar-refractivity contribution in [1.82, 2.24) is 20.9 Å². The lowest BCUT2D eigenvalue weighted by atomic mass is 9.98. The van der Waals surface area contributed by atoms with Crippen LogP contribution in [0.2, 0.25) is 0 Å². The highest BCUT2D eigenvalue weighted by Gasteiger charge is 2.42. The predicted octanol–water partition coefficient (Wildman–Crippen LogP) is 2.21. The maximum atomic E-state index is 13.3. The molecule has 1 fully saturated rings. The minimum Gasteiger partial charge on any atom is -0.480 e. The van der Waals surface area contributed by atoms with Gasteiger partial charge in [-0.05, 0) is 58.9 Å². The Balaban J connectivity index is 2.11. The lowest BCUT2D eigenvalue weighted by Gasteiger charge is -2.34. The first-order valence-electron chi connectivity index (χ1n) is 13.8. The van der Waals surface area contributed by atoms with Gasteiger partial charge in [0.15, 0.2) is 0 Å². The molecule has 4 N–H and O–H groups in total. The van der Waals surface area contributed by atoms with E-state index >= 15 is 0 Å².